The molecule has 4 rings (SSSR count). The number of pyridine rings is 1. The van der Waals surface area contributed by atoms with Gasteiger partial charge in [-0.3, -0.25) is 9.78 Å². The van der Waals surface area contributed by atoms with Crippen molar-refractivity contribution in [1.82, 2.24) is 14.5 Å². The zero-order valence-corrected chi connectivity index (χ0v) is 12.6. The number of aromatic nitrogens is 2. The van der Waals surface area contributed by atoms with Gasteiger partial charge < -0.3 is 14.2 Å². The summed E-state index contributed by atoms with van der Waals surface area (Å²) in [5.74, 6) is 1.33. The summed E-state index contributed by atoms with van der Waals surface area (Å²) in [4.78, 5) is 18.8. The molecule has 3 heterocycles. The molecule has 3 atom stereocenters. The molecule has 22 heavy (non-hydrogen) atoms. The minimum absolute atomic E-state index is 0.0911. The average molecular weight is 297 g/mol. The van der Waals surface area contributed by atoms with Gasteiger partial charge in [0.2, 0.25) is 0 Å². The zero-order valence-electron chi connectivity index (χ0n) is 12.6. The second-order valence-electron chi connectivity index (χ2n) is 6.14. The second kappa shape index (κ2) is 5.16. The third kappa shape index (κ3) is 2.08. The maximum atomic E-state index is 12.8. The van der Waals surface area contributed by atoms with Crippen LogP contribution in [0.5, 0.6) is 5.75 Å². The van der Waals surface area contributed by atoms with E-state index in [9.17, 15) is 4.79 Å². The topological polar surface area (TPSA) is 47.4 Å². The maximum Gasteiger partial charge on any atom is 0.270 e. The van der Waals surface area contributed by atoms with Gasteiger partial charge in [-0.25, -0.2) is 0 Å². The summed E-state index contributed by atoms with van der Waals surface area (Å²) < 4.78 is 8.01. The number of likely N-dealkylation sites (tertiary alicyclic amines) is 1. The quantitative estimate of drug-likeness (QED) is 0.871. The van der Waals surface area contributed by atoms with Gasteiger partial charge in [0.15, 0.2) is 0 Å². The first-order valence-corrected chi connectivity index (χ1v) is 7.73. The van der Waals surface area contributed by atoms with Crippen molar-refractivity contribution in [3.8, 4) is 5.75 Å². The van der Waals surface area contributed by atoms with Gasteiger partial charge in [-0.05, 0) is 37.1 Å². The molecule has 1 saturated heterocycles. The fourth-order valence-electron chi connectivity index (χ4n) is 3.76. The Labute approximate surface area is 129 Å². The number of aryl methyl sites for hydroxylation is 1. The first-order valence-electron chi connectivity index (χ1n) is 7.73. The van der Waals surface area contributed by atoms with Crippen LogP contribution in [-0.2, 0) is 7.05 Å². The van der Waals surface area contributed by atoms with E-state index in [2.05, 4.69) is 4.98 Å². The van der Waals surface area contributed by atoms with E-state index in [4.69, 9.17) is 4.74 Å². The fraction of sp³-hybridized carbons (Fsp3) is 0.412. The summed E-state index contributed by atoms with van der Waals surface area (Å²) in [5, 5.41) is 0. The Morgan fingerprint density at radius 3 is 2.95 bits per heavy atom. The van der Waals surface area contributed by atoms with Crippen LogP contribution in [-0.4, -0.2) is 39.0 Å². The highest BCUT2D eigenvalue weighted by molar-refractivity contribution is 5.93. The van der Waals surface area contributed by atoms with Crippen LogP contribution in [0.3, 0.4) is 0 Å². The van der Waals surface area contributed by atoms with Crippen molar-refractivity contribution in [2.24, 2.45) is 13.0 Å². The van der Waals surface area contributed by atoms with Crippen LogP contribution >= 0.6 is 0 Å². The van der Waals surface area contributed by atoms with E-state index in [1.165, 1.54) is 0 Å². The van der Waals surface area contributed by atoms with Crippen molar-refractivity contribution in [3.05, 3.63) is 48.5 Å². The van der Waals surface area contributed by atoms with Crippen LogP contribution in [0.4, 0.5) is 0 Å². The third-order valence-electron chi connectivity index (χ3n) is 4.84. The normalized spacial score (nSPS) is 26.4. The SMILES string of the molecule is Cn1cccc1C(=O)N1CC2CCC1C2Oc1cccnc1. The van der Waals surface area contributed by atoms with Crippen LogP contribution < -0.4 is 4.74 Å². The van der Waals surface area contributed by atoms with Gasteiger partial charge >= 0.3 is 0 Å². The number of piperidine rings is 1. The Morgan fingerprint density at radius 2 is 2.23 bits per heavy atom. The highest BCUT2D eigenvalue weighted by atomic mass is 16.5. The Bertz CT molecular complexity index is 682. The molecule has 5 heteroatoms. The molecule has 0 spiro atoms. The molecule has 1 aliphatic carbocycles. The lowest BCUT2D eigenvalue weighted by molar-refractivity contribution is 0.0657. The monoisotopic (exact) mass is 297 g/mol. The smallest absolute Gasteiger partial charge is 0.270 e. The summed E-state index contributed by atoms with van der Waals surface area (Å²) in [7, 11) is 1.91. The van der Waals surface area contributed by atoms with E-state index in [-0.39, 0.29) is 18.1 Å². The van der Waals surface area contributed by atoms with E-state index >= 15 is 0 Å². The molecule has 2 fully saturated rings. The lowest BCUT2D eigenvalue weighted by Crippen LogP contribution is -2.41. The molecule has 0 N–H and O–H groups in total. The molecule has 2 aliphatic rings. The molecule has 3 unspecified atom stereocenters. The van der Waals surface area contributed by atoms with Crippen molar-refractivity contribution >= 4 is 5.91 Å². The lowest BCUT2D eigenvalue weighted by Gasteiger charge is -2.27. The Hall–Kier alpha value is -2.30. The summed E-state index contributed by atoms with van der Waals surface area (Å²) in [5.41, 5.74) is 0.743. The molecule has 0 radical (unpaired) electrons. The van der Waals surface area contributed by atoms with Gasteiger partial charge in [-0.2, -0.15) is 0 Å². The minimum Gasteiger partial charge on any atom is -0.486 e. The van der Waals surface area contributed by atoms with Crippen molar-refractivity contribution in [2.75, 3.05) is 6.54 Å². The minimum atomic E-state index is 0.0911. The predicted octanol–water partition coefficient (Wildman–Crippen LogP) is 2.10. The molecule has 1 saturated carbocycles. The Balaban J connectivity index is 1.54. The first-order chi connectivity index (χ1) is 10.7. The van der Waals surface area contributed by atoms with Gasteiger partial charge in [0.25, 0.3) is 5.91 Å². The number of ether oxygens (including phenoxy) is 1. The largest absolute Gasteiger partial charge is 0.486 e. The van der Waals surface area contributed by atoms with Gasteiger partial charge in [0, 0.05) is 31.9 Å². The molecule has 114 valence electrons. The summed E-state index contributed by atoms with van der Waals surface area (Å²) >= 11 is 0. The van der Waals surface area contributed by atoms with Crippen molar-refractivity contribution in [3.63, 3.8) is 0 Å². The van der Waals surface area contributed by atoms with Crippen LogP contribution in [0.25, 0.3) is 0 Å². The molecule has 0 aromatic carbocycles. The highest BCUT2D eigenvalue weighted by Gasteiger charge is 2.50. The van der Waals surface area contributed by atoms with Crippen molar-refractivity contribution < 1.29 is 9.53 Å². The number of hydrogen-bond donors (Lipinski definition) is 0. The van der Waals surface area contributed by atoms with E-state index in [1.807, 2.05) is 47.0 Å². The van der Waals surface area contributed by atoms with E-state index < -0.39 is 0 Å². The van der Waals surface area contributed by atoms with Crippen LogP contribution in [0.1, 0.15) is 23.3 Å². The summed E-state index contributed by atoms with van der Waals surface area (Å²) in [6.45, 7) is 0.791. The number of amides is 1. The molecule has 2 aromatic heterocycles. The average Bonchev–Trinajstić information content (AvgIpc) is 3.23. The summed E-state index contributed by atoms with van der Waals surface area (Å²) in [6.07, 6.45) is 7.62. The molecule has 1 aliphatic heterocycles. The second-order valence-corrected chi connectivity index (χ2v) is 6.14. The number of carbonyl (C=O) groups excluding carboxylic acids is 1. The number of rotatable bonds is 3. The highest BCUT2D eigenvalue weighted by Crippen LogP contribution is 2.40. The standard InChI is InChI=1S/C17H19N3O2/c1-19-9-3-5-15(19)17(21)20-11-12-6-7-14(20)16(12)22-13-4-2-8-18-10-13/h2-5,8-10,12,14,16H,6-7,11H2,1H3. The van der Waals surface area contributed by atoms with Crippen LogP contribution in [0, 0.1) is 5.92 Å². The molecular formula is C17H19N3O2. The fourth-order valence-corrected chi connectivity index (χ4v) is 3.76. The van der Waals surface area contributed by atoms with E-state index in [0.717, 1.165) is 30.8 Å². The van der Waals surface area contributed by atoms with E-state index in [0.29, 0.717) is 5.92 Å². The molecule has 1 amide bonds. The molecule has 5 nitrogen and oxygen atoms in total. The Morgan fingerprint density at radius 1 is 1.32 bits per heavy atom. The molecule has 2 aromatic rings. The number of carbonyl (C=O) groups is 1. The third-order valence-corrected chi connectivity index (χ3v) is 4.84. The number of fused-ring (bicyclic) bond motifs is 2. The molecular weight excluding hydrogens is 278 g/mol. The number of nitrogens with zero attached hydrogens (tertiary/aromatic N) is 3. The number of hydrogen-bond acceptors (Lipinski definition) is 3. The predicted molar refractivity (Wildman–Crippen MR) is 81.6 cm³/mol. The summed E-state index contributed by atoms with van der Waals surface area (Å²) in [6, 6.07) is 7.76. The van der Waals surface area contributed by atoms with Gasteiger partial charge in [-0.1, -0.05) is 0 Å². The van der Waals surface area contributed by atoms with Crippen LogP contribution in [0.15, 0.2) is 42.9 Å². The van der Waals surface area contributed by atoms with Crippen LogP contribution in [0.2, 0.25) is 0 Å². The zero-order chi connectivity index (χ0) is 15.1. The van der Waals surface area contributed by atoms with E-state index in [1.54, 1.807) is 12.4 Å². The maximum absolute atomic E-state index is 12.8. The Kier molecular flexibility index (Phi) is 3.13. The first kappa shape index (κ1) is 13.4. The van der Waals surface area contributed by atoms with Crippen molar-refractivity contribution in [1.29, 1.82) is 0 Å². The van der Waals surface area contributed by atoms with Gasteiger partial charge in [0.05, 0.1) is 12.2 Å². The van der Waals surface area contributed by atoms with Gasteiger partial charge in [-0.15, -0.1) is 0 Å². The van der Waals surface area contributed by atoms with Crippen molar-refractivity contribution in [2.45, 2.75) is 25.0 Å². The molecule has 2 bridgehead atoms. The van der Waals surface area contributed by atoms with Gasteiger partial charge in [0.1, 0.15) is 17.5 Å². The lowest BCUT2D eigenvalue weighted by atomic mass is 10.1.